The molecule has 0 aliphatic rings. The van der Waals surface area contributed by atoms with Crippen LogP contribution in [-0.2, 0) is 0 Å². The number of pyridine rings is 1. The van der Waals surface area contributed by atoms with Crippen molar-refractivity contribution >= 4 is 11.9 Å². The molecule has 1 aromatic carbocycles. The molecular formula is C15H18N2. The van der Waals surface area contributed by atoms with Gasteiger partial charge >= 0.3 is 0 Å². The van der Waals surface area contributed by atoms with Crippen LogP contribution < -0.4 is 4.90 Å². The molecule has 88 valence electrons. The van der Waals surface area contributed by atoms with E-state index in [2.05, 4.69) is 11.6 Å². The third-order valence-electron chi connectivity index (χ3n) is 2.14. The van der Waals surface area contributed by atoms with Gasteiger partial charge in [0.15, 0.2) is 0 Å². The average molecular weight is 226 g/mol. The summed E-state index contributed by atoms with van der Waals surface area (Å²) in [6.07, 6.45) is 3.62. The Kier molecular flexibility index (Phi) is 5.52. The zero-order chi connectivity index (χ0) is 12.5. The molecule has 0 aliphatic heterocycles. The summed E-state index contributed by atoms with van der Waals surface area (Å²) >= 11 is 0. The monoisotopic (exact) mass is 226 g/mol. The molecule has 0 aliphatic carbocycles. The molecule has 2 nitrogen and oxygen atoms in total. The van der Waals surface area contributed by atoms with Crippen molar-refractivity contribution in [3.05, 3.63) is 66.9 Å². The maximum absolute atomic E-state index is 4.10. The van der Waals surface area contributed by atoms with Crippen LogP contribution >= 0.6 is 0 Å². The van der Waals surface area contributed by atoms with Gasteiger partial charge in [-0.3, -0.25) is 0 Å². The van der Waals surface area contributed by atoms with Crippen LogP contribution in [0.25, 0.3) is 6.08 Å². The lowest BCUT2D eigenvalue weighted by atomic mass is 10.2. The molecule has 0 saturated carbocycles. The van der Waals surface area contributed by atoms with E-state index in [1.54, 1.807) is 6.20 Å². The second-order valence-electron chi connectivity index (χ2n) is 3.70. The van der Waals surface area contributed by atoms with Crippen LogP contribution in [0.5, 0.6) is 0 Å². The second kappa shape index (κ2) is 7.23. The highest BCUT2D eigenvalue weighted by Gasteiger charge is 1.89. The Morgan fingerprint density at radius 1 is 1.00 bits per heavy atom. The van der Waals surface area contributed by atoms with Gasteiger partial charge in [-0.05, 0) is 17.7 Å². The summed E-state index contributed by atoms with van der Waals surface area (Å²) < 4.78 is 0. The number of rotatable bonds is 2. The van der Waals surface area contributed by atoms with Crippen LogP contribution in [-0.4, -0.2) is 19.1 Å². The highest BCUT2D eigenvalue weighted by atomic mass is 15.1. The summed E-state index contributed by atoms with van der Waals surface area (Å²) in [6.45, 7) is 3.63. The fraction of sp³-hybridized carbons (Fsp3) is 0.133. The van der Waals surface area contributed by atoms with Crippen molar-refractivity contribution in [2.24, 2.45) is 0 Å². The SMILES string of the molecule is C=Cc1ccccc1.CN(C)c1ccccn1. The van der Waals surface area contributed by atoms with Gasteiger partial charge in [0.2, 0.25) is 0 Å². The van der Waals surface area contributed by atoms with Gasteiger partial charge < -0.3 is 4.90 Å². The maximum Gasteiger partial charge on any atom is 0.127 e. The molecule has 0 spiro atoms. The average Bonchev–Trinajstić information content (AvgIpc) is 2.41. The molecule has 2 heteroatoms. The largest absolute Gasteiger partial charge is 0.363 e. The van der Waals surface area contributed by atoms with Crippen LogP contribution in [0.4, 0.5) is 5.82 Å². The summed E-state index contributed by atoms with van der Waals surface area (Å²) in [5, 5.41) is 0. The minimum atomic E-state index is 0.998. The number of benzene rings is 1. The summed E-state index contributed by atoms with van der Waals surface area (Å²) in [6, 6.07) is 15.9. The number of hydrogen-bond acceptors (Lipinski definition) is 2. The second-order valence-corrected chi connectivity index (χ2v) is 3.70. The molecule has 0 bridgehead atoms. The molecule has 2 rings (SSSR count). The van der Waals surface area contributed by atoms with Crippen molar-refractivity contribution in [2.75, 3.05) is 19.0 Å². The van der Waals surface area contributed by atoms with Gasteiger partial charge in [0.25, 0.3) is 0 Å². The van der Waals surface area contributed by atoms with Crippen LogP contribution in [0.2, 0.25) is 0 Å². The lowest BCUT2D eigenvalue weighted by Gasteiger charge is -2.08. The van der Waals surface area contributed by atoms with Crippen LogP contribution in [0, 0.1) is 0 Å². The summed E-state index contributed by atoms with van der Waals surface area (Å²) in [5.41, 5.74) is 1.17. The van der Waals surface area contributed by atoms with Gasteiger partial charge in [-0.25, -0.2) is 4.98 Å². The van der Waals surface area contributed by atoms with E-state index in [1.165, 1.54) is 5.56 Å². The highest BCUT2D eigenvalue weighted by Crippen LogP contribution is 2.02. The van der Waals surface area contributed by atoms with Gasteiger partial charge in [-0.15, -0.1) is 0 Å². The van der Waals surface area contributed by atoms with Crippen molar-refractivity contribution in [2.45, 2.75) is 0 Å². The number of anilines is 1. The molecule has 0 N–H and O–H groups in total. The maximum atomic E-state index is 4.10. The molecule has 0 amide bonds. The van der Waals surface area contributed by atoms with Gasteiger partial charge in [-0.1, -0.05) is 49.1 Å². The molecule has 1 aromatic heterocycles. The molecule has 0 saturated heterocycles. The number of nitrogens with zero attached hydrogens (tertiary/aromatic N) is 2. The lowest BCUT2D eigenvalue weighted by molar-refractivity contribution is 1.07. The summed E-state index contributed by atoms with van der Waals surface area (Å²) in [7, 11) is 3.95. The van der Waals surface area contributed by atoms with E-state index in [1.807, 2.05) is 73.6 Å². The normalized spacial score (nSPS) is 8.82. The number of hydrogen-bond donors (Lipinski definition) is 0. The fourth-order valence-electron chi connectivity index (χ4n) is 1.21. The van der Waals surface area contributed by atoms with E-state index in [0.717, 1.165) is 5.82 Å². The first-order valence-electron chi connectivity index (χ1n) is 5.50. The summed E-state index contributed by atoms with van der Waals surface area (Å²) in [5.74, 6) is 0.998. The van der Waals surface area contributed by atoms with Gasteiger partial charge in [0.1, 0.15) is 5.82 Å². The quantitative estimate of drug-likeness (QED) is 0.779. The zero-order valence-corrected chi connectivity index (χ0v) is 10.4. The topological polar surface area (TPSA) is 16.1 Å². The first-order chi connectivity index (χ1) is 8.24. The van der Waals surface area contributed by atoms with Gasteiger partial charge in [0, 0.05) is 20.3 Å². The van der Waals surface area contributed by atoms with E-state index in [-0.39, 0.29) is 0 Å². The molecule has 17 heavy (non-hydrogen) atoms. The minimum Gasteiger partial charge on any atom is -0.363 e. The molecular weight excluding hydrogens is 208 g/mol. The Morgan fingerprint density at radius 2 is 1.65 bits per heavy atom. The van der Waals surface area contributed by atoms with Gasteiger partial charge in [0.05, 0.1) is 0 Å². The fourth-order valence-corrected chi connectivity index (χ4v) is 1.21. The van der Waals surface area contributed by atoms with Crippen LogP contribution in [0.1, 0.15) is 5.56 Å². The minimum absolute atomic E-state index is 0.998. The van der Waals surface area contributed by atoms with E-state index in [4.69, 9.17) is 0 Å². The first kappa shape index (κ1) is 13.0. The smallest absolute Gasteiger partial charge is 0.127 e. The molecule has 0 atom stereocenters. The molecule has 0 radical (unpaired) electrons. The summed E-state index contributed by atoms with van der Waals surface area (Å²) in [4.78, 5) is 6.08. The van der Waals surface area contributed by atoms with Crippen LogP contribution in [0.3, 0.4) is 0 Å². The van der Waals surface area contributed by atoms with E-state index >= 15 is 0 Å². The van der Waals surface area contributed by atoms with E-state index in [0.29, 0.717) is 0 Å². The van der Waals surface area contributed by atoms with E-state index < -0.39 is 0 Å². The Labute approximate surface area is 103 Å². The predicted octanol–water partition coefficient (Wildman–Crippen LogP) is 3.48. The third-order valence-corrected chi connectivity index (χ3v) is 2.14. The van der Waals surface area contributed by atoms with E-state index in [9.17, 15) is 0 Å². The van der Waals surface area contributed by atoms with Crippen LogP contribution in [0.15, 0.2) is 61.3 Å². The standard InChI is InChI=1S/C8H8.C7H10N2/c1-2-8-6-4-3-5-7-8;1-9(2)7-5-3-4-6-8-7/h2-7H,1H2;3-6H,1-2H3. The molecule has 0 unspecified atom stereocenters. The Bertz CT molecular complexity index is 421. The highest BCUT2D eigenvalue weighted by molar-refractivity contribution is 5.45. The van der Waals surface area contributed by atoms with Crippen molar-refractivity contribution in [1.29, 1.82) is 0 Å². The third kappa shape index (κ3) is 4.98. The molecule has 2 aromatic rings. The zero-order valence-electron chi connectivity index (χ0n) is 10.4. The van der Waals surface area contributed by atoms with Crippen molar-refractivity contribution in [1.82, 2.24) is 4.98 Å². The Hall–Kier alpha value is -2.09. The Balaban J connectivity index is 0.000000171. The van der Waals surface area contributed by atoms with Crippen molar-refractivity contribution in [3.63, 3.8) is 0 Å². The van der Waals surface area contributed by atoms with Crippen molar-refractivity contribution in [3.8, 4) is 0 Å². The Morgan fingerprint density at radius 3 is 2.00 bits per heavy atom. The predicted molar refractivity (Wildman–Crippen MR) is 75.1 cm³/mol. The molecule has 1 heterocycles. The molecule has 0 fully saturated rings. The van der Waals surface area contributed by atoms with Crippen molar-refractivity contribution < 1.29 is 0 Å². The number of aromatic nitrogens is 1. The first-order valence-corrected chi connectivity index (χ1v) is 5.50. The lowest BCUT2D eigenvalue weighted by Crippen LogP contribution is -2.09. The van der Waals surface area contributed by atoms with Gasteiger partial charge in [-0.2, -0.15) is 0 Å².